The molecule has 1 amide bonds. The number of nitrogens with zero attached hydrogens (tertiary/aromatic N) is 2. The van der Waals surface area contributed by atoms with Gasteiger partial charge in [0.1, 0.15) is 0 Å². The molecule has 20 heavy (non-hydrogen) atoms. The lowest BCUT2D eigenvalue weighted by Crippen LogP contribution is -2.51. The van der Waals surface area contributed by atoms with Gasteiger partial charge in [0.25, 0.3) is 0 Å². The van der Waals surface area contributed by atoms with Crippen molar-refractivity contribution in [3.05, 3.63) is 0 Å². The van der Waals surface area contributed by atoms with E-state index in [-0.39, 0.29) is 18.0 Å². The average Bonchev–Trinajstić information content (AvgIpc) is 2.40. The van der Waals surface area contributed by atoms with E-state index in [2.05, 4.69) is 35.9 Å². The third-order valence-corrected chi connectivity index (χ3v) is 3.61. The number of carbonyl (C=O) groups excluding carboxylic acids is 1. The summed E-state index contributed by atoms with van der Waals surface area (Å²) >= 11 is 0. The highest BCUT2D eigenvalue weighted by atomic mass is 16.1. The van der Waals surface area contributed by atoms with Gasteiger partial charge in [0.2, 0.25) is 5.91 Å². The number of nitrogens with two attached hydrogens (primary N) is 1. The van der Waals surface area contributed by atoms with E-state index >= 15 is 0 Å². The molecular weight excluding hydrogens is 252 g/mol. The Labute approximate surface area is 124 Å². The molecule has 0 rings (SSSR count). The number of primary amides is 1. The summed E-state index contributed by atoms with van der Waals surface area (Å²) in [7, 11) is 0. The van der Waals surface area contributed by atoms with Gasteiger partial charge in [-0.2, -0.15) is 0 Å². The first-order valence-corrected chi connectivity index (χ1v) is 7.94. The van der Waals surface area contributed by atoms with Crippen molar-refractivity contribution in [3.63, 3.8) is 0 Å². The SMILES string of the molecule is CCN(CC)CCCN(CC)CC(NC(C)C)C(N)=O. The van der Waals surface area contributed by atoms with E-state index in [1.807, 2.05) is 13.8 Å². The first-order chi connectivity index (χ1) is 9.44. The Morgan fingerprint density at radius 1 is 1.05 bits per heavy atom. The standard InChI is InChI=1S/C15H34N4O/c1-6-18(7-2)10-9-11-19(8-3)12-14(15(16)20)17-13(4)5/h13-14,17H,6-12H2,1-5H3,(H2,16,20). The number of amides is 1. The predicted octanol–water partition coefficient (Wildman–Crippen LogP) is 0.892. The smallest absolute Gasteiger partial charge is 0.235 e. The van der Waals surface area contributed by atoms with E-state index in [0.717, 1.165) is 39.1 Å². The van der Waals surface area contributed by atoms with E-state index < -0.39 is 0 Å². The number of rotatable bonds is 12. The molecule has 0 saturated heterocycles. The van der Waals surface area contributed by atoms with Crippen LogP contribution in [0.15, 0.2) is 0 Å². The van der Waals surface area contributed by atoms with E-state index in [9.17, 15) is 4.79 Å². The molecule has 3 N–H and O–H groups in total. The predicted molar refractivity (Wildman–Crippen MR) is 85.8 cm³/mol. The lowest BCUT2D eigenvalue weighted by Gasteiger charge is -2.27. The van der Waals surface area contributed by atoms with Gasteiger partial charge in [0.15, 0.2) is 0 Å². The molecule has 0 radical (unpaired) electrons. The number of likely N-dealkylation sites (N-methyl/N-ethyl adjacent to an activating group) is 1. The monoisotopic (exact) mass is 286 g/mol. The Kier molecular flexibility index (Phi) is 10.7. The molecule has 5 nitrogen and oxygen atoms in total. The molecule has 1 atom stereocenters. The molecule has 120 valence electrons. The Morgan fingerprint density at radius 2 is 1.55 bits per heavy atom. The largest absolute Gasteiger partial charge is 0.368 e. The second kappa shape index (κ2) is 11.1. The summed E-state index contributed by atoms with van der Waals surface area (Å²) in [5.41, 5.74) is 5.47. The van der Waals surface area contributed by atoms with Crippen LogP contribution in [0.25, 0.3) is 0 Å². The molecule has 0 aromatic carbocycles. The zero-order valence-corrected chi connectivity index (χ0v) is 14.0. The second-order valence-corrected chi connectivity index (χ2v) is 5.55. The van der Waals surface area contributed by atoms with E-state index in [4.69, 9.17) is 5.73 Å². The van der Waals surface area contributed by atoms with Crippen molar-refractivity contribution in [3.8, 4) is 0 Å². The van der Waals surface area contributed by atoms with Gasteiger partial charge in [0.05, 0.1) is 6.04 Å². The molecule has 0 heterocycles. The van der Waals surface area contributed by atoms with Gasteiger partial charge < -0.3 is 20.9 Å². The van der Waals surface area contributed by atoms with Crippen molar-refractivity contribution in [1.82, 2.24) is 15.1 Å². The summed E-state index contributed by atoms with van der Waals surface area (Å²) in [6, 6.07) is 0.00489. The van der Waals surface area contributed by atoms with Crippen LogP contribution in [0.5, 0.6) is 0 Å². The van der Waals surface area contributed by atoms with Gasteiger partial charge in [-0.1, -0.05) is 34.6 Å². The quantitative estimate of drug-likeness (QED) is 0.559. The normalized spacial score (nSPS) is 13.4. The number of hydrogen-bond acceptors (Lipinski definition) is 4. The molecule has 0 saturated carbocycles. The highest BCUT2D eigenvalue weighted by molar-refractivity contribution is 5.80. The summed E-state index contributed by atoms with van der Waals surface area (Å²) in [6.07, 6.45) is 1.13. The zero-order valence-electron chi connectivity index (χ0n) is 14.0. The fourth-order valence-corrected chi connectivity index (χ4v) is 2.32. The maximum absolute atomic E-state index is 11.5. The topological polar surface area (TPSA) is 61.6 Å². The lowest BCUT2D eigenvalue weighted by atomic mass is 10.2. The maximum Gasteiger partial charge on any atom is 0.235 e. The van der Waals surface area contributed by atoms with Crippen LogP contribution >= 0.6 is 0 Å². The van der Waals surface area contributed by atoms with Crippen LogP contribution in [0.4, 0.5) is 0 Å². The Morgan fingerprint density at radius 3 is 1.95 bits per heavy atom. The minimum Gasteiger partial charge on any atom is -0.368 e. The molecule has 0 aromatic rings. The summed E-state index contributed by atoms with van der Waals surface area (Å²) in [5.74, 6) is -0.263. The summed E-state index contributed by atoms with van der Waals surface area (Å²) < 4.78 is 0. The van der Waals surface area contributed by atoms with E-state index in [1.54, 1.807) is 0 Å². The van der Waals surface area contributed by atoms with Crippen molar-refractivity contribution in [2.24, 2.45) is 5.73 Å². The molecular formula is C15H34N4O. The van der Waals surface area contributed by atoms with Crippen molar-refractivity contribution in [2.45, 2.75) is 53.1 Å². The number of hydrogen-bond donors (Lipinski definition) is 2. The van der Waals surface area contributed by atoms with Gasteiger partial charge >= 0.3 is 0 Å². The van der Waals surface area contributed by atoms with Gasteiger partial charge in [0, 0.05) is 12.6 Å². The summed E-state index contributed by atoms with van der Waals surface area (Å²) in [5, 5.41) is 3.24. The van der Waals surface area contributed by atoms with Crippen LogP contribution in [-0.2, 0) is 4.79 Å². The minimum atomic E-state index is -0.263. The van der Waals surface area contributed by atoms with Crippen molar-refractivity contribution in [2.75, 3.05) is 39.3 Å². The molecule has 0 bridgehead atoms. The van der Waals surface area contributed by atoms with Gasteiger partial charge in [-0.25, -0.2) is 0 Å². The van der Waals surface area contributed by atoms with Crippen LogP contribution in [0, 0.1) is 0 Å². The molecule has 0 aromatic heterocycles. The minimum absolute atomic E-state index is 0.261. The van der Waals surface area contributed by atoms with Crippen LogP contribution in [0.2, 0.25) is 0 Å². The number of nitrogens with one attached hydrogen (secondary N) is 1. The fourth-order valence-electron chi connectivity index (χ4n) is 2.32. The first-order valence-electron chi connectivity index (χ1n) is 7.94. The Bertz CT molecular complexity index is 254. The van der Waals surface area contributed by atoms with E-state index in [0.29, 0.717) is 6.54 Å². The summed E-state index contributed by atoms with van der Waals surface area (Å²) in [6.45, 7) is 16.5. The Balaban J connectivity index is 4.20. The molecule has 0 aliphatic heterocycles. The highest BCUT2D eigenvalue weighted by Gasteiger charge is 2.19. The lowest BCUT2D eigenvalue weighted by molar-refractivity contribution is -0.120. The van der Waals surface area contributed by atoms with Crippen LogP contribution < -0.4 is 11.1 Å². The van der Waals surface area contributed by atoms with Crippen LogP contribution in [0.1, 0.15) is 41.0 Å². The van der Waals surface area contributed by atoms with Crippen LogP contribution in [-0.4, -0.2) is 67.1 Å². The molecule has 0 aliphatic rings. The van der Waals surface area contributed by atoms with Crippen LogP contribution in [0.3, 0.4) is 0 Å². The van der Waals surface area contributed by atoms with Crippen molar-refractivity contribution >= 4 is 5.91 Å². The molecule has 5 heteroatoms. The van der Waals surface area contributed by atoms with Crippen molar-refractivity contribution < 1.29 is 4.79 Å². The molecule has 0 aliphatic carbocycles. The third kappa shape index (κ3) is 8.51. The van der Waals surface area contributed by atoms with E-state index in [1.165, 1.54) is 0 Å². The summed E-state index contributed by atoms with van der Waals surface area (Å²) in [4.78, 5) is 16.2. The zero-order chi connectivity index (χ0) is 15.5. The van der Waals surface area contributed by atoms with Crippen molar-refractivity contribution in [1.29, 1.82) is 0 Å². The fraction of sp³-hybridized carbons (Fsp3) is 0.933. The molecule has 0 fully saturated rings. The Hall–Kier alpha value is -0.650. The van der Waals surface area contributed by atoms with Gasteiger partial charge in [-0.3, -0.25) is 4.79 Å². The average molecular weight is 286 g/mol. The third-order valence-electron chi connectivity index (χ3n) is 3.61. The van der Waals surface area contributed by atoms with Gasteiger partial charge in [-0.15, -0.1) is 0 Å². The number of carbonyl (C=O) groups is 1. The second-order valence-electron chi connectivity index (χ2n) is 5.55. The highest BCUT2D eigenvalue weighted by Crippen LogP contribution is 1.99. The molecule has 1 unspecified atom stereocenters. The first kappa shape index (κ1) is 19.4. The maximum atomic E-state index is 11.5. The molecule has 0 spiro atoms. The van der Waals surface area contributed by atoms with Gasteiger partial charge in [-0.05, 0) is 39.1 Å².